The van der Waals surface area contributed by atoms with E-state index in [1.165, 1.54) is 5.56 Å². The van der Waals surface area contributed by atoms with Gasteiger partial charge in [0.25, 0.3) is 0 Å². The van der Waals surface area contributed by atoms with Gasteiger partial charge in [-0.3, -0.25) is 4.98 Å². The first kappa shape index (κ1) is 14.7. The summed E-state index contributed by atoms with van der Waals surface area (Å²) in [4.78, 5) is 4.46. The van der Waals surface area contributed by atoms with Gasteiger partial charge in [-0.25, -0.2) is 0 Å². The van der Waals surface area contributed by atoms with Crippen molar-refractivity contribution in [3.63, 3.8) is 0 Å². The largest absolute Gasteiger partial charge is 1.00 e. The van der Waals surface area contributed by atoms with Crippen molar-refractivity contribution < 1.29 is 12.4 Å². The van der Waals surface area contributed by atoms with E-state index in [9.17, 15) is 0 Å². The van der Waals surface area contributed by atoms with Gasteiger partial charge in [0.2, 0.25) is 0 Å². The number of hydrogen-bond donors (Lipinski definition) is 1. The zero-order valence-electron chi connectivity index (χ0n) is 10.6. The van der Waals surface area contributed by atoms with Crippen LogP contribution in [0.25, 0.3) is 0 Å². The van der Waals surface area contributed by atoms with Crippen LogP contribution in [0.4, 0.5) is 0 Å². The summed E-state index contributed by atoms with van der Waals surface area (Å²) < 4.78 is 0. The molecule has 0 spiro atoms. The quantitative estimate of drug-likeness (QED) is 0.750. The molecule has 96 valence electrons. The maximum atomic E-state index is 4.46. The zero-order valence-corrected chi connectivity index (χ0v) is 11.3. The minimum atomic E-state index is 0. The summed E-state index contributed by atoms with van der Waals surface area (Å²) in [5.41, 5.74) is 3.56. The normalized spacial score (nSPS) is 9.83. The summed E-state index contributed by atoms with van der Waals surface area (Å²) >= 11 is 0. The lowest BCUT2D eigenvalue weighted by atomic mass is 10.1. The predicted molar refractivity (Wildman–Crippen MR) is 70.8 cm³/mol. The van der Waals surface area contributed by atoms with Gasteiger partial charge in [-0.2, -0.15) is 0 Å². The van der Waals surface area contributed by atoms with Gasteiger partial charge >= 0.3 is 0 Å². The summed E-state index contributed by atoms with van der Waals surface area (Å²) in [6, 6.07) is 16.7. The van der Waals surface area contributed by atoms with Crippen LogP contribution in [0.2, 0.25) is 0 Å². The highest BCUT2D eigenvalue weighted by molar-refractivity contribution is 5.15. The van der Waals surface area contributed by atoms with Gasteiger partial charge < -0.3 is 17.7 Å². The molecular weight excluding hydrogens is 244 g/mol. The van der Waals surface area contributed by atoms with Gasteiger partial charge in [0, 0.05) is 12.2 Å². The van der Waals surface area contributed by atoms with Gasteiger partial charge in [0.1, 0.15) is 0 Å². The molecule has 1 heterocycles. The average molecular weight is 262 g/mol. The number of nitrogens with zero attached hydrogens (tertiary/aromatic N) is 1. The lowest BCUT2D eigenvalue weighted by molar-refractivity contribution is -0.00000369. The van der Waals surface area contributed by atoms with Gasteiger partial charge in [-0.05, 0) is 37.6 Å². The molecule has 18 heavy (non-hydrogen) atoms. The van der Waals surface area contributed by atoms with Crippen molar-refractivity contribution in [2.45, 2.75) is 19.9 Å². The fourth-order valence-corrected chi connectivity index (χ4v) is 1.79. The molecule has 2 rings (SSSR count). The topological polar surface area (TPSA) is 24.9 Å². The number of hydrogen-bond acceptors (Lipinski definition) is 2. The van der Waals surface area contributed by atoms with Crippen molar-refractivity contribution in [1.82, 2.24) is 10.3 Å². The lowest BCUT2D eigenvalue weighted by Crippen LogP contribution is -3.00. The Morgan fingerprint density at radius 1 is 1.00 bits per heavy atom. The van der Waals surface area contributed by atoms with E-state index >= 15 is 0 Å². The Labute approximate surface area is 115 Å². The van der Waals surface area contributed by atoms with E-state index in [2.05, 4.69) is 46.7 Å². The summed E-state index contributed by atoms with van der Waals surface area (Å²) in [5.74, 6) is 0. The molecule has 0 atom stereocenters. The highest BCUT2D eigenvalue weighted by Gasteiger charge is 1.95. The van der Waals surface area contributed by atoms with E-state index in [0.717, 1.165) is 30.9 Å². The van der Waals surface area contributed by atoms with Crippen LogP contribution in [0, 0.1) is 6.92 Å². The molecule has 0 bridgehead atoms. The van der Waals surface area contributed by atoms with Gasteiger partial charge in [-0.1, -0.05) is 36.4 Å². The van der Waals surface area contributed by atoms with Crippen molar-refractivity contribution in [3.8, 4) is 0 Å². The van der Waals surface area contributed by atoms with Crippen molar-refractivity contribution in [1.29, 1.82) is 0 Å². The van der Waals surface area contributed by atoms with Gasteiger partial charge in [-0.15, -0.1) is 0 Å². The molecule has 0 amide bonds. The van der Waals surface area contributed by atoms with Crippen LogP contribution in [0.3, 0.4) is 0 Å². The Morgan fingerprint density at radius 2 is 1.78 bits per heavy atom. The van der Waals surface area contributed by atoms with Crippen molar-refractivity contribution in [3.05, 3.63) is 65.5 Å². The van der Waals surface area contributed by atoms with Crippen LogP contribution in [0.5, 0.6) is 0 Å². The Hall–Kier alpha value is -1.38. The molecule has 1 aromatic heterocycles. The Kier molecular flexibility index (Phi) is 6.40. The van der Waals surface area contributed by atoms with E-state index in [4.69, 9.17) is 0 Å². The number of aryl methyl sites for hydroxylation is 1. The maximum Gasteiger partial charge on any atom is 0.0544 e. The molecule has 2 nitrogen and oxygen atoms in total. The molecule has 0 aliphatic carbocycles. The molecule has 1 N–H and O–H groups in total. The Morgan fingerprint density at radius 3 is 2.50 bits per heavy atom. The van der Waals surface area contributed by atoms with E-state index in [0.29, 0.717) is 0 Å². The molecular formula is C15H18ClN2-. The third-order valence-corrected chi connectivity index (χ3v) is 2.69. The minimum absolute atomic E-state index is 0. The molecule has 1 aromatic carbocycles. The summed E-state index contributed by atoms with van der Waals surface area (Å²) in [6.45, 7) is 3.85. The second-order valence-corrected chi connectivity index (χ2v) is 4.18. The average Bonchev–Trinajstić information content (AvgIpc) is 2.36. The van der Waals surface area contributed by atoms with Gasteiger partial charge in [0.15, 0.2) is 0 Å². The Bertz CT molecular complexity index is 457. The SMILES string of the molecule is Cc1cccc(CNCCc2ccccc2)n1.[Cl-]. The summed E-state index contributed by atoms with van der Waals surface area (Å²) in [6.07, 6.45) is 1.06. The first-order chi connectivity index (χ1) is 8.34. The van der Waals surface area contributed by atoms with Crippen molar-refractivity contribution in [2.24, 2.45) is 0 Å². The van der Waals surface area contributed by atoms with E-state index in [1.807, 2.05) is 19.1 Å². The molecule has 0 unspecified atom stereocenters. The molecule has 0 fully saturated rings. The highest BCUT2D eigenvalue weighted by Crippen LogP contribution is 2.00. The second-order valence-electron chi connectivity index (χ2n) is 4.18. The first-order valence-electron chi connectivity index (χ1n) is 6.02. The number of pyridine rings is 1. The summed E-state index contributed by atoms with van der Waals surface area (Å²) in [5, 5.41) is 3.41. The smallest absolute Gasteiger partial charge is 0.0544 e. The summed E-state index contributed by atoms with van der Waals surface area (Å²) in [7, 11) is 0. The molecule has 0 saturated heterocycles. The van der Waals surface area contributed by atoms with Crippen molar-refractivity contribution in [2.75, 3.05) is 6.54 Å². The van der Waals surface area contributed by atoms with Crippen LogP contribution in [0.1, 0.15) is 17.0 Å². The molecule has 0 aliphatic rings. The van der Waals surface area contributed by atoms with Crippen molar-refractivity contribution >= 4 is 0 Å². The maximum absolute atomic E-state index is 4.46. The number of nitrogens with one attached hydrogen (secondary N) is 1. The number of rotatable bonds is 5. The van der Waals surface area contributed by atoms with Crippen LogP contribution in [-0.4, -0.2) is 11.5 Å². The van der Waals surface area contributed by atoms with E-state index in [-0.39, 0.29) is 12.4 Å². The second kappa shape index (κ2) is 7.85. The fourth-order valence-electron chi connectivity index (χ4n) is 1.79. The number of halogens is 1. The lowest BCUT2D eigenvalue weighted by Gasteiger charge is -2.05. The fraction of sp³-hybridized carbons (Fsp3) is 0.267. The molecule has 0 radical (unpaired) electrons. The standard InChI is InChI=1S/C15H18N2.ClH/c1-13-6-5-9-15(17-13)12-16-11-10-14-7-3-2-4-8-14;/h2-9,16H,10-12H2,1H3;1H/p-1. The van der Waals surface area contributed by atoms with Crippen LogP contribution in [-0.2, 0) is 13.0 Å². The van der Waals surface area contributed by atoms with Crippen LogP contribution >= 0.6 is 0 Å². The van der Waals surface area contributed by atoms with E-state index < -0.39 is 0 Å². The number of benzene rings is 1. The monoisotopic (exact) mass is 261 g/mol. The van der Waals surface area contributed by atoms with E-state index in [1.54, 1.807) is 0 Å². The third-order valence-electron chi connectivity index (χ3n) is 2.69. The van der Waals surface area contributed by atoms with Crippen LogP contribution in [0.15, 0.2) is 48.5 Å². The molecule has 0 saturated carbocycles. The highest BCUT2D eigenvalue weighted by atomic mass is 35.5. The Balaban J connectivity index is 0.00000162. The molecule has 0 aliphatic heterocycles. The van der Waals surface area contributed by atoms with Gasteiger partial charge in [0.05, 0.1) is 5.69 Å². The third kappa shape index (κ3) is 4.86. The first-order valence-corrected chi connectivity index (χ1v) is 6.02. The van der Waals surface area contributed by atoms with Crippen LogP contribution < -0.4 is 17.7 Å². The molecule has 2 aromatic rings. The number of aromatic nitrogens is 1. The molecule has 3 heteroatoms. The zero-order chi connectivity index (χ0) is 11.9. The minimum Gasteiger partial charge on any atom is -1.00 e. The predicted octanol–water partition coefficient (Wildman–Crippen LogP) is -0.274.